The Balaban J connectivity index is 2.90. The van der Waals surface area contributed by atoms with Gasteiger partial charge in [-0.25, -0.2) is 0 Å². The number of Topliss-reactive ketones (excluding diaryl/α,β-unsaturated/α-hetero) is 1. The molecule has 0 bridgehead atoms. The standard InChI is InChI=1S/C13H15ClO5/c1-18-10-7-6-8(13(19-2)12(10)14)9(15)4-3-5-11(16)17/h6-7H,3-5H2,1-2H3,(H,16,17). The van der Waals surface area contributed by atoms with Crippen LogP contribution in [0.2, 0.25) is 5.02 Å². The van der Waals surface area contributed by atoms with E-state index >= 15 is 0 Å². The van der Waals surface area contributed by atoms with Gasteiger partial charge in [-0.15, -0.1) is 0 Å². The first-order valence-electron chi connectivity index (χ1n) is 5.66. The minimum atomic E-state index is -0.924. The Morgan fingerprint density at radius 3 is 2.42 bits per heavy atom. The van der Waals surface area contributed by atoms with E-state index in [1.165, 1.54) is 14.2 Å². The normalized spacial score (nSPS) is 10.1. The van der Waals surface area contributed by atoms with Crippen molar-refractivity contribution in [3.63, 3.8) is 0 Å². The SMILES string of the molecule is COc1ccc(C(=O)CCCC(=O)O)c(OC)c1Cl. The highest BCUT2D eigenvalue weighted by atomic mass is 35.5. The number of halogens is 1. The summed E-state index contributed by atoms with van der Waals surface area (Å²) in [6.07, 6.45) is 0.365. The summed E-state index contributed by atoms with van der Waals surface area (Å²) in [6, 6.07) is 3.14. The van der Waals surface area contributed by atoms with Crippen molar-refractivity contribution in [3.8, 4) is 11.5 Å². The number of ketones is 1. The van der Waals surface area contributed by atoms with Crippen molar-refractivity contribution in [2.75, 3.05) is 14.2 Å². The number of hydrogen-bond donors (Lipinski definition) is 1. The van der Waals surface area contributed by atoms with Crippen LogP contribution in [0.25, 0.3) is 0 Å². The van der Waals surface area contributed by atoms with Crippen LogP contribution in [0.5, 0.6) is 11.5 Å². The largest absolute Gasteiger partial charge is 0.495 e. The molecule has 0 amide bonds. The summed E-state index contributed by atoms with van der Waals surface area (Å²) in [6.45, 7) is 0. The lowest BCUT2D eigenvalue weighted by atomic mass is 10.0. The lowest BCUT2D eigenvalue weighted by Crippen LogP contribution is -2.05. The third kappa shape index (κ3) is 3.86. The predicted molar refractivity (Wildman–Crippen MR) is 70.4 cm³/mol. The van der Waals surface area contributed by atoms with Crippen LogP contribution in [0.1, 0.15) is 29.6 Å². The van der Waals surface area contributed by atoms with Gasteiger partial charge in [-0.1, -0.05) is 11.6 Å². The highest BCUT2D eigenvalue weighted by Crippen LogP contribution is 2.37. The molecule has 6 heteroatoms. The van der Waals surface area contributed by atoms with Gasteiger partial charge in [0.25, 0.3) is 0 Å². The van der Waals surface area contributed by atoms with Crippen molar-refractivity contribution in [1.82, 2.24) is 0 Å². The second kappa shape index (κ2) is 6.99. The van der Waals surface area contributed by atoms with E-state index in [1.54, 1.807) is 12.1 Å². The van der Waals surface area contributed by atoms with Crippen LogP contribution in [-0.4, -0.2) is 31.1 Å². The summed E-state index contributed by atoms with van der Waals surface area (Å²) in [5.74, 6) is -0.461. The summed E-state index contributed by atoms with van der Waals surface area (Å²) in [5, 5.41) is 8.77. The average Bonchev–Trinajstić information content (AvgIpc) is 2.37. The van der Waals surface area contributed by atoms with Gasteiger partial charge in [0.1, 0.15) is 10.8 Å². The molecule has 0 heterocycles. The number of benzene rings is 1. The lowest BCUT2D eigenvalue weighted by molar-refractivity contribution is -0.137. The molecule has 0 saturated carbocycles. The van der Waals surface area contributed by atoms with Gasteiger partial charge in [0, 0.05) is 12.8 Å². The van der Waals surface area contributed by atoms with E-state index < -0.39 is 5.97 Å². The Morgan fingerprint density at radius 1 is 1.21 bits per heavy atom. The van der Waals surface area contributed by atoms with Crippen LogP contribution in [0.3, 0.4) is 0 Å². The highest BCUT2D eigenvalue weighted by Gasteiger charge is 2.18. The van der Waals surface area contributed by atoms with Gasteiger partial charge in [-0.05, 0) is 18.6 Å². The van der Waals surface area contributed by atoms with E-state index in [1.807, 2.05) is 0 Å². The summed E-state index contributed by atoms with van der Waals surface area (Å²) in [7, 11) is 2.88. The topological polar surface area (TPSA) is 72.8 Å². The first kappa shape index (κ1) is 15.3. The van der Waals surface area contributed by atoms with Crippen molar-refractivity contribution in [3.05, 3.63) is 22.7 Å². The summed E-state index contributed by atoms with van der Waals surface area (Å²) < 4.78 is 10.2. The molecule has 0 aromatic heterocycles. The summed E-state index contributed by atoms with van der Waals surface area (Å²) >= 11 is 6.05. The van der Waals surface area contributed by atoms with Gasteiger partial charge in [-0.2, -0.15) is 0 Å². The van der Waals surface area contributed by atoms with Crippen LogP contribution >= 0.6 is 11.6 Å². The Bertz CT molecular complexity index is 484. The maximum Gasteiger partial charge on any atom is 0.303 e. The van der Waals surface area contributed by atoms with Crippen LogP contribution in [0, 0.1) is 0 Å². The molecule has 0 fully saturated rings. The van der Waals surface area contributed by atoms with Gasteiger partial charge in [0.05, 0.1) is 19.8 Å². The molecule has 1 aromatic rings. The highest BCUT2D eigenvalue weighted by molar-refractivity contribution is 6.34. The van der Waals surface area contributed by atoms with Gasteiger partial charge in [0.15, 0.2) is 11.5 Å². The molecule has 0 spiro atoms. The zero-order chi connectivity index (χ0) is 14.4. The summed E-state index contributed by atoms with van der Waals surface area (Å²) in [5.41, 5.74) is 0.332. The molecule has 1 N–H and O–H groups in total. The number of carboxylic acids is 1. The predicted octanol–water partition coefficient (Wildman–Crippen LogP) is 2.79. The molecule has 0 saturated heterocycles. The molecule has 0 aliphatic heterocycles. The minimum Gasteiger partial charge on any atom is -0.495 e. The van der Waals surface area contributed by atoms with Gasteiger partial charge in [-0.3, -0.25) is 9.59 Å². The van der Waals surface area contributed by atoms with Crippen LogP contribution in [-0.2, 0) is 4.79 Å². The molecule has 0 aliphatic carbocycles. The molecule has 1 aromatic carbocycles. The molecule has 1 rings (SSSR count). The van der Waals surface area contributed by atoms with Crippen LogP contribution in [0.4, 0.5) is 0 Å². The molecule has 0 unspecified atom stereocenters. The van der Waals surface area contributed by atoms with Crippen LogP contribution in [0.15, 0.2) is 12.1 Å². The molecular weight excluding hydrogens is 272 g/mol. The smallest absolute Gasteiger partial charge is 0.303 e. The van der Waals surface area contributed by atoms with Crippen molar-refractivity contribution in [2.45, 2.75) is 19.3 Å². The number of carboxylic acid groups (broad SMARTS) is 1. The quantitative estimate of drug-likeness (QED) is 0.780. The Hall–Kier alpha value is -1.75. The van der Waals surface area contributed by atoms with E-state index in [2.05, 4.69) is 0 Å². The zero-order valence-electron chi connectivity index (χ0n) is 10.7. The van der Waals surface area contributed by atoms with E-state index in [4.69, 9.17) is 26.2 Å². The number of rotatable bonds is 7. The van der Waals surface area contributed by atoms with Gasteiger partial charge in [0.2, 0.25) is 0 Å². The van der Waals surface area contributed by atoms with E-state index in [-0.39, 0.29) is 35.8 Å². The third-order valence-corrected chi connectivity index (χ3v) is 2.94. The zero-order valence-corrected chi connectivity index (χ0v) is 11.5. The van der Waals surface area contributed by atoms with Crippen molar-refractivity contribution < 1.29 is 24.2 Å². The van der Waals surface area contributed by atoms with Crippen molar-refractivity contribution in [1.29, 1.82) is 0 Å². The number of methoxy groups -OCH3 is 2. The first-order valence-corrected chi connectivity index (χ1v) is 6.04. The second-order valence-corrected chi connectivity index (χ2v) is 4.21. The molecule has 0 radical (unpaired) electrons. The fourth-order valence-corrected chi connectivity index (χ4v) is 1.97. The van der Waals surface area contributed by atoms with Crippen molar-refractivity contribution >= 4 is 23.4 Å². The Morgan fingerprint density at radius 2 is 1.89 bits per heavy atom. The van der Waals surface area contributed by atoms with Gasteiger partial charge >= 0.3 is 5.97 Å². The molecular formula is C13H15ClO5. The molecule has 5 nitrogen and oxygen atoms in total. The number of ether oxygens (including phenoxy) is 2. The minimum absolute atomic E-state index is 0.0437. The monoisotopic (exact) mass is 286 g/mol. The number of carbonyl (C=O) groups excluding carboxylic acids is 1. The third-order valence-electron chi connectivity index (χ3n) is 2.58. The molecule has 19 heavy (non-hydrogen) atoms. The summed E-state index contributed by atoms with van der Waals surface area (Å²) in [4.78, 5) is 22.4. The number of aliphatic carboxylic acids is 1. The fourth-order valence-electron chi connectivity index (χ4n) is 1.65. The first-order chi connectivity index (χ1) is 9.01. The maximum absolute atomic E-state index is 12.0. The van der Waals surface area contributed by atoms with E-state index in [0.29, 0.717) is 11.3 Å². The van der Waals surface area contributed by atoms with E-state index in [0.717, 1.165) is 0 Å². The maximum atomic E-state index is 12.0. The van der Waals surface area contributed by atoms with Crippen molar-refractivity contribution in [2.24, 2.45) is 0 Å². The van der Waals surface area contributed by atoms with E-state index in [9.17, 15) is 9.59 Å². The fraction of sp³-hybridized carbons (Fsp3) is 0.385. The van der Waals surface area contributed by atoms with Crippen LogP contribution < -0.4 is 9.47 Å². The Kier molecular flexibility index (Phi) is 5.63. The Labute approximate surface area is 116 Å². The number of carbonyl (C=O) groups is 2. The number of hydrogen-bond acceptors (Lipinski definition) is 4. The lowest BCUT2D eigenvalue weighted by Gasteiger charge is -2.12. The average molecular weight is 287 g/mol. The second-order valence-electron chi connectivity index (χ2n) is 3.83. The molecule has 0 atom stereocenters. The van der Waals surface area contributed by atoms with Gasteiger partial charge < -0.3 is 14.6 Å². The molecule has 0 aliphatic rings. The molecule has 104 valence electrons.